The zero-order valence-electron chi connectivity index (χ0n) is 10.1. The van der Waals surface area contributed by atoms with Crippen molar-refractivity contribution in [3.8, 4) is 18.1 Å². The minimum absolute atomic E-state index is 0.345. The Balaban J connectivity index is 1.82. The van der Waals surface area contributed by atoms with Crippen molar-refractivity contribution in [2.75, 3.05) is 19.6 Å². The maximum atomic E-state index is 9.23. The van der Waals surface area contributed by atoms with E-state index < -0.39 is 0 Å². The van der Waals surface area contributed by atoms with E-state index in [4.69, 9.17) is 6.42 Å². The predicted octanol–water partition coefficient (Wildman–Crippen LogP) is 2.28. The molecule has 0 aliphatic carbocycles. The molecule has 0 unspecified atom stereocenters. The van der Waals surface area contributed by atoms with E-state index in [1.807, 2.05) is 12.1 Å². The topological polar surface area (TPSA) is 23.5 Å². The van der Waals surface area contributed by atoms with Gasteiger partial charge in [0.05, 0.1) is 6.54 Å². The van der Waals surface area contributed by atoms with Gasteiger partial charge in [0.15, 0.2) is 0 Å². The molecular weight excluding hydrogens is 210 g/mol. The Hall–Kier alpha value is -1.46. The van der Waals surface area contributed by atoms with E-state index >= 15 is 0 Å². The van der Waals surface area contributed by atoms with Gasteiger partial charge in [0.2, 0.25) is 0 Å². The largest absolute Gasteiger partial charge is 0.508 e. The summed E-state index contributed by atoms with van der Waals surface area (Å²) >= 11 is 0. The van der Waals surface area contributed by atoms with Crippen LogP contribution in [0.4, 0.5) is 0 Å². The SMILES string of the molecule is C#CCN1CCC(Cc2ccc(O)cc2)CC1. The summed E-state index contributed by atoms with van der Waals surface area (Å²) in [7, 11) is 0. The standard InChI is InChI=1S/C15H19NO/c1-2-9-16-10-7-14(8-11-16)12-13-3-5-15(17)6-4-13/h1,3-6,14,17H,7-12H2. The van der Waals surface area contributed by atoms with Crippen LogP contribution in [-0.2, 0) is 6.42 Å². The Kier molecular flexibility index (Phi) is 4.06. The second kappa shape index (κ2) is 5.75. The molecule has 0 amide bonds. The smallest absolute Gasteiger partial charge is 0.115 e. The minimum Gasteiger partial charge on any atom is -0.508 e. The molecular formula is C15H19NO. The van der Waals surface area contributed by atoms with Crippen molar-refractivity contribution < 1.29 is 5.11 Å². The van der Waals surface area contributed by atoms with Gasteiger partial charge in [-0.15, -0.1) is 6.42 Å². The summed E-state index contributed by atoms with van der Waals surface area (Å²) in [5.41, 5.74) is 1.32. The van der Waals surface area contributed by atoms with Crippen molar-refractivity contribution in [2.24, 2.45) is 5.92 Å². The van der Waals surface area contributed by atoms with Gasteiger partial charge in [-0.2, -0.15) is 0 Å². The molecule has 0 saturated carbocycles. The molecule has 2 rings (SSSR count). The lowest BCUT2D eigenvalue weighted by atomic mass is 9.90. The van der Waals surface area contributed by atoms with E-state index in [1.165, 1.54) is 18.4 Å². The summed E-state index contributed by atoms with van der Waals surface area (Å²) in [4.78, 5) is 2.34. The van der Waals surface area contributed by atoms with Crippen molar-refractivity contribution in [2.45, 2.75) is 19.3 Å². The molecule has 1 N–H and O–H groups in total. The van der Waals surface area contributed by atoms with E-state index in [0.29, 0.717) is 5.75 Å². The molecule has 2 nitrogen and oxygen atoms in total. The molecule has 1 heterocycles. The van der Waals surface area contributed by atoms with E-state index in [1.54, 1.807) is 12.1 Å². The number of aromatic hydroxyl groups is 1. The maximum absolute atomic E-state index is 9.23. The van der Waals surface area contributed by atoms with Crippen LogP contribution in [0.2, 0.25) is 0 Å². The first-order chi connectivity index (χ1) is 8.28. The molecule has 1 aliphatic heterocycles. The molecule has 90 valence electrons. The van der Waals surface area contributed by atoms with Crippen LogP contribution in [0.25, 0.3) is 0 Å². The average molecular weight is 229 g/mol. The van der Waals surface area contributed by atoms with E-state index in [9.17, 15) is 5.11 Å². The normalized spacial score (nSPS) is 17.8. The summed E-state index contributed by atoms with van der Waals surface area (Å²) in [5, 5.41) is 9.23. The van der Waals surface area contributed by atoms with Gasteiger partial charge in [-0.3, -0.25) is 4.90 Å². The third kappa shape index (κ3) is 3.51. The summed E-state index contributed by atoms with van der Waals surface area (Å²) in [6, 6.07) is 7.57. The minimum atomic E-state index is 0.345. The summed E-state index contributed by atoms with van der Waals surface area (Å²) in [6.07, 6.45) is 8.88. The summed E-state index contributed by atoms with van der Waals surface area (Å²) < 4.78 is 0. The van der Waals surface area contributed by atoms with Crippen LogP contribution in [-0.4, -0.2) is 29.6 Å². The molecule has 0 atom stereocenters. The highest BCUT2D eigenvalue weighted by Gasteiger charge is 2.18. The Morgan fingerprint density at radius 2 is 1.88 bits per heavy atom. The molecule has 1 aromatic carbocycles. The predicted molar refractivity (Wildman–Crippen MR) is 69.8 cm³/mol. The number of phenolic OH excluding ortho intramolecular Hbond substituents is 1. The molecule has 0 spiro atoms. The highest BCUT2D eigenvalue weighted by Crippen LogP contribution is 2.22. The first-order valence-electron chi connectivity index (χ1n) is 6.21. The summed E-state index contributed by atoms with van der Waals surface area (Å²) in [6.45, 7) is 3.02. The third-order valence-electron chi connectivity index (χ3n) is 3.48. The molecule has 0 radical (unpaired) electrons. The number of rotatable bonds is 3. The van der Waals surface area contributed by atoms with Gasteiger partial charge in [-0.05, 0) is 56.0 Å². The van der Waals surface area contributed by atoms with Crippen molar-refractivity contribution >= 4 is 0 Å². The van der Waals surface area contributed by atoms with Crippen LogP contribution in [0.3, 0.4) is 0 Å². The van der Waals surface area contributed by atoms with Gasteiger partial charge in [0.1, 0.15) is 5.75 Å². The highest BCUT2D eigenvalue weighted by molar-refractivity contribution is 5.26. The number of piperidine rings is 1. The number of nitrogens with zero attached hydrogens (tertiary/aromatic N) is 1. The van der Waals surface area contributed by atoms with Crippen LogP contribution in [0.5, 0.6) is 5.75 Å². The molecule has 1 fully saturated rings. The van der Waals surface area contributed by atoms with Gasteiger partial charge in [0, 0.05) is 0 Å². The zero-order chi connectivity index (χ0) is 12.1. The second-order valence-corrected chi connectivity index (χ2v) is 4.79. The van der Waals surface area contributed by atoms with Crippen LogP contribution >= 0.6 is 0 Å². The monoisotopic (exact) mass is 229 g/mol. The molecule has 2 heteroatoms. The highest BCUT2D eigenvalue weighted by atomic mass is 16.3. The fraction of sp³-hybridized carbons (Fsp3) is 0.467. The molecule has 0 bridgehead atoms. The van der Waals surface area contributed by atoms with Crippen molar-refractivity contribution in [3.63, 3.8) is 0 Å². The Bertz CT molecular complexity index is 382. The summed E-state index contributed by atoms with van der Waals surface area (Å²) in [5.74, 6) is 3.81. The number of hydrogen-bond acceptors (Lipinski definition) is 2. The van der Waals surface area contributed by atoms with Crippen molar-refractivity contribution in [3.05, 3.63) is 29.8 Å². The fourth-order valence-electron chi connectivity index (χ4n) is 2.44. The first kappa shape index (κ1) is 12.0. The maximum Gasteiger partial charge on any atom is 0.115 e. The van der Waals surface area contributed by atoms with Gasteiger partial charge < -0.3 is 5.11 Å². The Labute approximate surface area is 103 Å². The lowest BCUT2D eigenvalue weighted by molar-refractivity contribution is 0.203. The molecule has 17 heavy (non-hydrogen) atoms. The number of terminal acetylenes is 1. The number of phenols is 1. The first-order valence-corrected chi connectivity index (χ1v) is 6.21. The molecule has 1 aromatic rings. The van der Waals surface area contributed by atoms with E-state index in [0.717, 1.165) is 32.0 Å². The van der Waals surface area contributed by atoms with E-state index in [-0.39, 0.29) is 0 Å². The zero-order valence-corrected chi connectivity index (χ0v) is 10.1. The number of benzene rings is 1. The molecule has 0 aromatic heterocycles. The third-order valence-corrected chi connectivity index (χ3v) is 3.48. The van der Waals surface area contributed by atoms with Gasteiger partial charge in [-0.1, -0.05) is 18.1 Å². The second-order valence-electron chi connectivity index (χ2n) is 4.79. The van der Waals surface area contributed by atoms with Gasteiger partial charge >= 0.3 is 0 Å². The number of likely N-dealkylation sites (tertiary alicyclic amines) is 1. The van der Waals surface area contributed by atoms with Crippen molar-refractivity contribution in [1.82, 2.24) is 4.90 Å². The van der Waals surface area contributed by atoms with Crippen LogP contribution in [0.15, 0.2) is 24.3 Å². The lowest BCUT2D eigenvalue weighted by Gasteiger charge is -2.30. The average Bonchev–Trinajstić information content (AvgIpc) is 2.35. The van der Waals surface area contributed by atoms with Crippen LogP contribution in [0, 0.1) is 18.3 Å². The Morgan fingerprint density at radius 1 is 1.24 bits per heavy atom. The van der Waals surface area contributed by atoms with Crippen LogP contribution < -0.4 is 0 Å². The van der Waals surface area contributed by atoms with Crippen molar-refractivity contribution in [1.29, 1.82) is 0 Å². The quantitative estimate of drug-likeness (QED) is 0.804. The molecule has 1 aliphatic rings. The van der Waals surface area contributed by atoms with Crippen LogP contribution in [0.1, 0.15) is 18.4 Å². The fourth-order valence-corrected chi connectivity index (χ4v) is 2.44. The Morgan fingerprint density at radius 3 is 2.47 bits per heavy atom. The van der Waals surface area contributed by atoms with Gasteiger partial charge in [0.25, 0.3) is 0 Å². The van der Waals surface area contributed by atoms with Gasteiger partial charge in [-0.25, -0.2) is 0 Å². The van der Waals surface area contributed by atoms with E-state index in [2.05, 4.69) is 10.8 Å². The lowest BCUT2D eigenvalue weighted by Crippen LogP contribution is -2.34. The number of hydrogen-bond donors (Lipinski definition) is 1. The molecule has 1 saturated heterocycles.